The van der Waals surface area contributed by atoms with Gasteiger partial charge >= 0.3 is 6.09 Å². The van der Waals surface area contributed by atoms with E-state index in [-0.39, 0.29) is 0 Å². The smallest absolute Gasteiger partial charge is 0.402 e. The lowest BCUT2D eigenvalue weighted by Crippen LogP contribution is -2.43. The Hall–Kier alpha value is -2.01. The van der Waals surface area contributed by atoms with Crippen LogP contribution in [0.15, 0.2) is 24.4 Å². The number of fused-ring (bicyclic) bond motifs is 2. The van der Waals surface area contributed by atoms with Gasteiger partial charge < -0.3 is 21.1 Å². The second-order valence-corrected chi connectivity index (χ2v) is 5.44. The van der Waals surface area contributed by atoms with Crippen molar-refractivity contribution in [3.63, 3.8) is 0 Å². The monoisotopic (exact) mass is 273 g/mol. The Morgan fingerprint density at radius 3 is 3.00 bits per heavy atom. The largest absolute Gasteiger partial charge is 0.465 e. The summed E-state index contributed by atoms with van der Waals surface area (Å²) in [7, 11) is 0. The van der Waals surface area contributed by atoms with E-state index in [0.717, 1.165) is 5.92 Å². The number of carboxylic acid groups (broad SMARTS) is 1. The van der Waals surface area contributed by atoms with Crippen LogP contribution in [-0.4, -0.2) is 28.8 Å². The van der Waals surface area contributed by atoms with Crippen LogP contribution in [0.4, 0.5) is 4.79 Å². The molecule has 5 N–H and O–H groups in total. The van der Waals surface area contributed by atoms with Crippen molar-refractivity contribution in [2.24, 2.45) is 5.73 Å². The van der Waals surface area contributed by atoms with E-state index in [1.807, 2.05) is 0 Å². The number of aromatic nitrogens is 1. The molecule has 5 heteroatoms. The minimum atomic E-state index is -1.33. The van der Waals surface area contributed by atoms with Crippen LogP contribution in [-0.2, 0) is 6.42 Å². The zero-order valence-corrected chi connectivity index (χ0v) is 11.2. The second kappa shape index (κ2) is 5.17. The number of rotatable bonds is 0. The number of primary amides is 1. The van der Waals surface area contributed by atoms with Gasteiger partial charge in [-0.1, -0.05) is 12.1 Å². The van der Waals surface area contributed by atoms with E-state index < -0.39 is 6.09 Å². The number of hydrogen-bond donors (Lipinski definition) is 4. The molecule has 1 saturated heterocycles. The molecule has 4 rings (SSSR count). The molecule has 1 aliphatic carbocycles. The Morgan fingerprint density at radius 2 is 2.20 bits per heavy atom. The third-order valence-corrected chi connectivity index (χ3v) is 4.24. The van der Waals surface area contributed by atoms with E-state index in [1.54, 1.807) is 5.56 Å². The summed E-state index contributed by atoms with van der Waals surface area (Å²) in [6.45, 7) is 1.19. The van der Waals surface area contributed by atoms with Gasteiger partial charge in [0.25, 0.3) is 0 Å². The third kappa shape index (κ3) is 2.25. The summed E-state index contributed by atoms with van der Waals surface area (Å²) >= 11 is 0. The highest BCUT2D eigenvalue weighted by atomic mass is 16.4. The van der Waals surface area contributed by atoms with E-state index in [0.29, 0.717) is 6.04 Å². The van der Waals surface area contributed by atoms with Gasteiger partial charge in [0.05, 0.1) is 0 Å². The summed E-state index contributed by atoms with van der Waals surface area (Å²) in [4.78, 5) is 12.2. The minimum absolute atomic E-state index is 0.669. The fourth-order valence-electron chi connectivity index (χ4n) is 3.53. The second-order valence-electron chi connectivity index (χ2n) is 5.44. The topological polar surface area (TPSA) is 91.1 Å². The fourth-order valence-corrected chi connectivity index (χ4v) is 3.53. The zero-order valence-electron chi connectivity index (χ0n) is 11.2. The highest BCUT2D eigenvalue weighted by Crippen LogP contribution is 2.40. The lowest BCUT2D eigenvalue weighted by atomic mass is 9.76. The summed E-state index contributed by atoms with van der Waals surface area (Å²) in [6, 6.07) is 7.37. The van der Waals surface area contributed by atoms with Crippen LogP contribution in [0, 0.1) is 0 Å². The van der Waals surface area contributed by atoms with Gasteiger partial charge in [-0.05, 0) is 43.0 Å². The first kappa shape index (κ1) is 13.0. The quantitative estimate of drug-likeness (QED) is 0.593. The first-order chi connectivity index (χ1) is 9.66. The summed E-state index contributed by atoms with van der Waals surface area (Å²) in [5.41, 5.74) is 8.41. The van der Waals surface area contributed by atoms with Crippen LogP contribution < -0.4 is 11.1 Å². The van der Waals surface area contributed by atoms with E-state index in [1.165, 1.54) is 42.3 Å². The van der Waals surface area contributed by atoms with Crippen molar-refractivity contribution in [1.82, 2.24) is 10.3 Å². The number of amides is 1. The first-order valence-corrected chi connectivity index (χ1v) is 6.97. The highest BCUT2D eigenvalue weighted by molar-refractivity contribution is 5.88. The average Bonchev–Trinajstić information content (AvgIpc) is 2.83. The van der Waals surface area contributed by atoms with Gasteiger partial charge in [0.1, 0.15) is 0 Å². The Balaban J connectivity index is 0.000000272. The van der Waals surface area contributed by atoms with Gasteiger partial charge in [-0.3, -0.25) is 0 Å². The van der Waals surface area contributed by atoms with Crippen LogP contribution in [0.25, 0.3) is 10.9 Å². The van der Waals surface area contributed by atoms with Crippen molar-refractivity contribution in [2.75, 3.05) is 6.54 Å². The predicted molar refractivity (Wildman–Crippen MR) is 78.0 cm³/mol. The predicted octanol–water partition coefficient (Wildman–Crippen LogP) is 2.18. The van der Waals surface area contributed by atoms with Gasteiger partial charge in [0.2, 0.25) is 0 Å². The number of piperidine rings is 1. The van der Waals surface area contributed by atoms with Gasteiger partial charge in [-0.25, -0.2) is 4.79 Å². The van der Waals surface area contributed by atoms with Crippen molar-refractivity contribution in [3.05, 3.63) is 35.5 Å². The molecule has 0 radical (unpaired) electrons. The molecule has 1 aromatic carbocycles. The number of benzene rings is 1. The minimum Gasteiger partial charge on any atom is -0.465 e. The third-order valence-electron chi connectivity index (χ3n) is 4.24. The molecule has 106 valence electrons. The summed E-state index contributed by atoms with van der Waals surface area (Å²) in [6.07, 6.45) is 4.72. The zero-order chi connectivity index (χ0) is 14.1. The maximum atomic E-state index is 8.78. The number of hydrogen-bond acceptors (Lipinski definition) is 2. The number of carbonyl (C=O) groups is 1. The van der Waals surface area contributed by atoms with Crippen molar-refractivity contribution >= 4 is 17.0 Å². The maximum Gasteiger partial charge on any atom is 0.402 e. The molecule has 1 amide bonds. The molecule has 5 nitrogen and oxygen atoms in total. The molecular formula is C15H19N3O2. The van der Waals surface area contributed by atoms with E-state index >= 15 is 0 Å². The highest BCUT2D eigenvalue weighted by Gasteiger charge is 2.32. The van der Waals surface area contributed by atoms with Crippen LogP contribution in [0.5, 0.6) is 0 Å². The van der Waals surface area contributed by atoms with Crippen LogP contribution in [0.1, 0.15) is 29.9 Å². The van der Waals surface area contributed by atoms with Gasteiger partial charge in [-0.15, -0.1) is 0 Å². The van der Waals surface area contributed by atoms with Crippen molar-refractivity contribution in [2.45, 2.75) is 31.2 Å². The van der Waals surface area contributed by atoms with E-state index in [4.69, 9.17) is 9.90 Å². The normalized spacial score (nSPS) is 23.6. The summed E-state index contributed by atoms with van der Waals surface area (Å²) in [5, 5.41) is 12.4. The van der Waals surface area contributed by atoms with Gasteiger partial charge in [0, 0.05) is 29.1 Å². The van der Waals surface area contributed by atoms with Crippen LogP contribution in [0.3, 0.4) is 0 Å². The first-order valence-electron chi connectivity index (χ1n) is 6.97. The summed E-state index contributed by atoms with van der Waals surface area (Å²) in [5.74, 6) is 0.737. The molecule has 1 fully saturated rings. The standard InChI is InChI=1S/C14H16N2.CH3NO2/c1-3-11-10-4-2-6-15-13(10)7-9-8-16-12(5-1)14(9)11;2-1(3)4/h1,3,5,8,10,13,15-16H,2,4,6-7H2;2H2,(H,3,4)/t10-,13-;/m1./s1. The molecule has 0 bridgehead atoms. The molecule has 2 aromatic rings. The van der Waals surface area contributed by atoms with Gasteiger partial charge in [-0.2, -0.15) is 0 Å². The fraction of sp³-hybridized carbons (Fsp3) is 0.400. The molecule has 2 atom stereocenters. The molecule has 2 aliphatic rings. The van der Waals surface area contributed by atoms with Crippen molar-refractivity contribution < 1.29 is 9.90 Å². The Kier molecular flexibility index (Phi) is 3.36. The van der Waals surface area contributed by atoms with Crippen molar-refractivity contribution in [1.29, 1.82) is 0 Å². The van der Waals surface area contributed by atoms with Gasteiger partial charge in [0.15, 0.2) is 0 Å². The Bertz CT molecular complexity index is 631. The number of aromatic amines is 1. The Labute approximate surface area is 117 Å². The van der Waals surface area contributed by atoms with Crippen LogP contribution >= 0.6 is 0 Å². The average molecular weight is 273 g/mol. The summed E-state index contributed by atoms with van der Waals surface area (Å²) < 4.78 is 0. The molecule has 1 aliphatic heterocycles. The Morgan fingerprint density at radius 1 is 1.40 bits per heavy atom. The number of nitrogens with two attached hydrogens (primary N) is 1. The van der Waals surface area contributed by atoms with E-state index in [2.05, 4.69) is 40.4 Å². The lowest BCUT2D eigenvalue weighted by Gasteiger charge is -2.36. The maximum absolute atomic E-state index is 8.78. The molecule has 2 heterocycles. The lowest BCUT2D eigenvalue weighted by molar-refractivity contribution is 0.205. The molecule has 1 aromatic heterocycles. The molecule has 0 saturated carbocycles. The van der Waals surface area contributed by atoms with E-state index in [9.17, 15) is 0 Å². The van der Waals surface area contributed by atoms with Crippen LogP contribution in [0.2, 0.25) is 0 Å². The molecule has 0 unspecified atom stereocenters. The number of H-pyrrole nitrogens is 1. The SMILES string of the molecule is NC(=O)O.c1cc2c3c(c[nH]c3c1)C[C@H]1NCCC[C@H]21. The number of nitrogens with one attached hydrogen (secondary N) is 2. The molecule has 20 heavy (non-hydrogen) atoms. The molecular weight excluding hydrogens is 254 g/mol. The van der Waals surface area contributed by atoms with Crippen molar-refractivity contribution in [3.8, 4) is 0 Å². The molecule has 0 spiro atoms.